The van der Waals surface area contributed by atoms with E-state index in [1.807, 2.05) is 6.92 Å². The van der Waals surface area contributed by atoms with E-state index in [9.17, 15) is 4.79 Å². The summed E-state index contributed by atoms with van der Waals surface area (Å²) in [4.78, 5) is 11.2. The first-order valence-corrected chi connectivity index (χ1v) is 5.19. The average Bonchev–Trinajstić information content (AvgIpc) is 2.15. The lowest BCUT2D eigenvalue weighted by Crippen LogP contribution is -2.41. The van der Waals surface area contributed by atoms with Crippen LogP contribution in [0, 0.1) is 5.92 Å². The number of carbonyl (C=O) groups excluding carboxylic acids is 1. The van der Waals surface area contributed by atoms with Crippen LogP contribution in [0.15, 0.2) is 0 Å². The Morgan fingerprint density at radius 1 is 1.50 bits per heavy atom. The number of nitrogens with two attached hydrogens (primary N) is 1. The van der Waals surface area contributed by atoms with Gasteiger partial charge in [-0.05, 0) is 12.3 Å². The molecule has 3 N–H and O–H groups in total. The third-order valence-corrected chi connectivity index (χ3v) is 1.77. The molecule has 84 valence electrons. The Balaban J connectivity index is 3.32. The van der Waals surface area contributed by atoms with Crippen LogP contribution in [0.2, 0.25) is 0 Å². The number of rotatable bonds is 7. The number of hydrogen-bond donors (Lipinski definition) is 2. The summed E-state index contributed by atoms with van der Waals surface area (Å²) in [5.41, 5.74) is 5.53. The van der Waals surface area contributed by atoms with Crippen LogP contribution < -0.4 is 11.1 Å². The maximum atomic E-state index is 11.2. The van der Waals surface area contributed by atoms with Gasteiger partial charge in [0.05, 0.1) is 12.6 Å². The Bertz CT molecular complexity index is 160. The lowest BCUT2D eigenvalue weighted by atomic mass is 10.2. The van der Waals surface area contributed by atoms with Gasteiger partial charge in [0, 0.05) is 13.2 Å². The molecule has 1 unspecified atom stereocenters. The third-order valence-electron chi connectivity index (χ3n) is 1.77. The van der Waals surface area contributed by atoms with Crippen LogP contribution >= 0.6 is 0 Å². The molecule has 0 rings (SSSR count). The zero-order valence-corrected chi connectivity index (χ0v) is 9.38. The van der Waals surface area contributed by atoms with Crippen LogP contribution in [0.3, 0.4) is 0 Å². The maximum absolute atomic E-state index is 11.2. The van der Waals surface area contributed by atoms with Crippen molar-refractivity contribution in [2.45, 2.75) is 33.2 Å². The first-order chi connectivity index (χ1) is 6.57. The summed E-state index contributed by atoms with van der Waals surface area (Å²) in [7, 11) is 0. The van der Waals surface area contributed by atoms with Gasteiger partial charge in [-0.3, -0.25) is 4.79 Å². The van der Waals surface area contributed by atoms with E-state index in [1.165, 1.54) is 0 Å². The Labute approximate surface area is 86.2 Å². The number of ether oxygens (including phenoxy) is 1. The molecule has 14 heavy (non-hydrogen) atoms. The van der Waals surface area contributed by atoms with E-state index < -0.39 is 0 Å². The van der Waals surface area contributed by atoms with Crippen molar-refractivity contribution in [1.29, 1.82) is 0 Å². The molecule has 0 saturated carbocycles. The minimum Gasteiger partial charge on any atom is -0.379 e. The summed E-state index contributed by atoms with van der Waals surface area (Å²) in [6.07, 6.45) is 0.665. The van der Waals surface area contributed by atoms with Gasteiger partial charge < -0.3 is 15.8 Å². The quantitative estimate of drug-likeness (QED) is 0.591. The molecule has 0 aromatic heterocycles. The lowest BCUT2D eigenvalue weighted by molar-refractivity contribution is -0.122. The molecule has 0 fully saturated rings. The SMILES string of the molecule is CCC(N)C(=O)NCCOCC(C)C. The predicted octanol–water partition coefficient (Wildman–Crippen LogP) is 0.513. The Morgan fingerprint density at radius 3 is 2.64 bits per heavy atom. The van der Waals surface area contributed by atoms with Gasteiger partial charge in [-0.15, -0.1) is 0 Å². The molecule has 0 spiro atoms. The van der Waals surface area contributed by atoms with Crippen LogP contribution in [0.25, 0.3) is 0 Å². The van der Waals surface area contributed by atoms with Crippen molar-refractivity contribution in [1.82, 2.24) is 5.32 Å². The second-order valence-electron chi connectivity index (χ2n) is 3.77. The van der Waals surface area contributed by atoms with Gasteiger partial charge in [-0.25, -0.2) is 0 Å². The highest BCUT2D eigenvalue weighted by atomic mass is 16.5. The minimum absolute atomic E-state index is 0.0966. The molecule has 1 atom stereocenters. The first kappa shape index (κ1) is 13.4. The van der Waals surface area contributed by atoms with E-state index in [-0.39, 0.29) is 11.9 Å². The van der Waals surface area contributed by atoms with Crippen molar-refractivity contribution in [3.05, 3.63) is 0 Å². The predicted molar refractivity (Wildman–Crippen MR) is 56.9 cm³/mol. The van der Waals surface area contributed by atoms with Crippen LogP contribution in [0.1, 0.15) is 27.2 Å². The summed E-state index contributed by atoms with van der Waals surface area (Å²) in [6.45, 7) is 7.89. The molecule has 4 heteroatoms. The number of carbonyl (C=O) groups is 1. The van der Waals surface area contributed by atoms with E-state index in [0.717, 1.165) is 6.61 Å². The molecule has 0 saturated heterocycles. The Hall–Kier alpha value is -0.610. The van der Waals surface area contributed by atoms with Crippen molar-refractivity contribution in [3.63, 3.8) is 0 Å². The van der Waals surface area contributed by atoms with Crippen LogP contribution in [0.4, 0.5) is 0 Å². The van der Waals surface area contributed by atoms with Crippen molar-refractivity contribution >= 4 is 5.91 Å². The van der Waals surface area contributed by atoms with Crippen LogP contribution in [-0.2, 0) is 9.53 Å². The molecular weight excluding hydrogens is 180 g/mol. The van der Waals surface area contributed by atoms with Gasteiger partial charge in [0.15, 0.2) is 0 Å². The monoisotopic (exact) mass is 202 g/mol. The summed E-state index contributed by atoms with van der Waals surface area (Å²) in [5.74, 6) is 0.434. The highest BCUT2D eigenvalue weighted by Crippen LogP contribution is 1.91. The average molecular weight is 202 g/mol. The van der Waals surface area contributed by atoms with Crippen LogP contribution in [-0.4, -0.2) is 31.7 Å². The Morgan fingerprint density at radius 2 is 2.14 bits per heavy atom. The topological polar surface area (TPSA) is 64.4 Å². The van der Waals surface area contributed by atoms with Crippen molar-refractivity contribution in [3.8, 4) is 0 Å². The van der Waals surface area contributed by atoms with Gasteiger partial charge in [0.2, 0.25) is 5.91 Å². The largest absolute Gasteiger partial charge is 0.379 e. The second kappa shape index (κ2) is 7.76. The molecule has 4 nitrogen and oxygen atoms in total. The van der Waals surface area contributed by atoms with E-state index in [4.69, 9.17) is 10.5 Å². The van der Waals surface area contributed by atoms with Crippen molar-refractivity contribution in [2.24, 2.45) is 11.7 Å². The fraction of sp³-hybridized carbons (Fsp3) is 0.900. The Kier molecular flexibility index (Phi) is 7.42. The number of amides is 1. The normalized spacial score (nSPS) is 12.9. The lowest BCUT2D eigenvalue weighted by Gasteiger charge is -2.10. The standard InChI is InChI=1S/C10H22N2O2/c1-4-9(11)10(13)12-5-6-14-7-8(2)3/h8-9H,4-7,11H2,1-3H3,(H,12,13). The van der Waals surface area contributed by atoms with E-state index >= 15 is 0 Å². The summed E-state index contributed by atoms with van der Waals surface area (Å²) < 4.78 is 5.30. The molecule has 0 aromatic rings. The van der Waals surface area contributed by atoms with E-state index in [0.29, 0.717) is 25.5 Å². The van der Waals surface area contributed by atoms with Gasteiger partial charge in [0.1, 0.15) is 0 Å². The molecule has 0 aliphatic heterocycles. The molecule has 1 amide bonds. The molecular formula is C10H22N2O2. The first-order valence-electron chi connectivity index (χ1n) is 5.19. The third kappa shape index (κ3) is 6.86. The number of nitrogens with one attached hydrogen (secondary N) is 1. The highest BCUT2D eigenvalue weighted by molar-refractivity contribution is 5.81. The second-order valence-corrected chi connectivity index (χ2v) is 3.77. The van der Waals surface area contributed by atoms with Crippen LogP contribution in [0.5, 0.6) is 0 Å². The smallest absolute Gasteiger partial charge is 0.236 e. The fourth-order valence-corrected chi connectivity index (χ4v) is 0.882. The zero-order valence-electron chi connectivity index (χ0n) is 9.38. The van der Waals surface area contributed by atoms with Gasteiger partial charge in [-0.1, -0.05) is 20.8 Å². The van der Waals surface area contributed by atoms with Crippen molar-refractivity contribution in [2.75, 3.05) is 19.8 Å². The van der Waals surface area contributed by atoms with Gasteiger partial charge in [-0.2, -0.15) is 0 Å². The fourth-order valence-electron chi connectivity index (χ4n) is 0.882. The molecule has 0 heterocycles. The summed E-state index contributed by atoms with van der Waals surface area (Å²) >= 11 is 0. The van der Waals surface area contributed by atoms with E-state index in [1.54, 1.807) is 0 Å². The summed E-state index contributed by atoms with van der Waals surface area (Å²) in [5, 5.41) is 2.72. The molecule has 0 aliphatic rings. The number of hydrogen-bond acceptors (Lipinski definition) is 3. The minimum atomic E-state index is -0.389. The maximum Gasteiger partial charge on any atom is 0.236 e. The molecule has 0 bridgehead atoms. The van der Waals surface area contributed by atoms with E-state index in [2.05, 4.69) is 19.2 Å². The van der Waals surface area contributed by atoms with Crippen molar-refractivity contribution < 1.29 is 9.53 Å². The molecule has 0 radical (unpaired) electrons. The van der Waals surface area contributed by atoms with Gasteiger partial charge >= 0.3 is 0 Å². The highest BCUT2D eigenvalue weighted by Gasteiger charge is 2.08. The molecule has 0 aromatic carbocycles. The van der Waals surface area contributed by atoms with Gasteiger partial charge in [0.25, 0.3) is 0 Å². The summed E-state index contributed by atoms with van der Waals surface area (Å²) in [6, 6.07) is -0.389. The zero-order chi connectivity index (χ0) is 11.0. The molecule has 0 aliphatic carbocycles.